The fourth-order valence-corrected chi connectivity index (χ4v) is 2.36. The molecule has 0 aromatic heterocycles. The summed E-state index contributed by atoms with van der Waals surface area (Å²) in [4.78, 5) is 23.3. The monoisotopic (exact) mass is 254 g/mol. The molecule has 1 fully saturated rings. The van der Waals surface area contributed by atoms with Crippen molar-refractivity contribution in [2.75, 3.05) is 6.61 Å². The minimum atomic E-state index is -0.136. The van der Waals surface area contributed by atoms with Gasteiger partial charge in [-0.3, -0.25) is 9.59 Å². The van der Waals surface area contributed by atoms with E-state index >= 15 is 0 Å². The molecule has 0 radical (unpaired) electrons. The zero-order chi connectivity index (χ0) is 13.4. The molecule has 0 saturated heterocycles. The van der Waals surface area contributed by atoms with Crippen molar-refractivity contribution in [2.45, 2.75) is 65.2 Å². The number of esters is 1. The van der Waals surface area contributed by atoms with E-state index in [4.69, 9.17) is 4.74 Å². The quantitative estimate of drug-likeness (QED) is 0.516. The number of rotatable bonds is 7. The number of hydrogen-bond donors (Lipinski definition) is 0. The third-order valence-electron chi connectivity index (χ3n) is 3.89. The molecule has 1 saturated carbocycles. The van der Waals surface area contributed by atoms with Gasteiger partial charge in [0.25, 0.3) is 0 Å². The van der Waals surface area contributed by atoms with Gasteiger partial charge in [0, 0.05) is 12.3 Å². The number of carbonyl (C=O) groups excluding carboxylic acids is 2. The average Bonchev–Trinajstić information content (AvgIpc) is 2.43. The van der Waals surface area contributed by atoms with Gasteiger partial charge in [-0.25, -0.2) is 0 Å². The maximum atomic E-state index is 11.9. The van der Waals surface area contributed by atoms with Gasteiger partial charge >= 0.3 is 5.97 Å². The van der Waals surface area contributed by atoms with Crippen LogP contribution >= 0.6 is 0 Å². The number of ether oxygens (including phenoxy) is 1. The fourth-order valence-electron chi connectivity index (χ4n) is 2.36. The molecule has 3 nitrogen and oxygen atoms in total. The van der Waals surface area contributed by atoms with Crippen molar-refractivity contribution in [3.05, 3.63) is 0 Å². The molecular weight excluding hydrogens is 228 g/mol. The first-order chi connectivity index (χ1) is 8.65. The summed E-state index contributed by atoms with van der Waals surface area (Å²) in [7, 11) is 0. The first-order valence-electron chi connectivity index (χ1n) is 7.34. The van der Waals surface area contributed by atoms with Crippen molar-refractivity contribution in [2.24, 2.45) is 11.8 Å². The molecule has 0 spiro atoms. The lowest BCUT2D eigenvalue weighted by Gasteiger charge is -2.20. The van der Waals surface area contributed by atoms with E-state index < -0.39 is 0 Å². The van der Waals surface area contributed by atoms with Crippen LogP contribution in [0.15, 0.2) is 0 Å². The molecule has 3 heteroatoms. The van der Waals surface area contributed by atoms with E-state index in [1.807, 2.05) is 13.8 Å². The lowest BCUT2D eigenvalue weighted by atomic mass is 9.85. The van der Waals surface area contributed by atoms with Gasteiger partial charge in [0.15, 0.2) is 0 Å². The summed E-state index contributed by atoms with van der Waals surface area (Å²) in [5.41, 5.74) is 0. The SMILES string of the molecule is CCC(C)C(=O)OCCCC(=O)C1CCCCC1. The summed E-state index contributed by atoms with van der Waals surface area (Å²) in [6.45, 7) is 4.23. The summed E-state index contributed by atoms with van der Waals surface area (Å²) in [6, 6.07) is 0. The van der Waals surface area contributed by atoms with Gasteiger partial charge in [-0.1, -0.05) is 33.1 Å². The highest BCUT2D eigenvalue weighted by molar-refractivity contribution is 5.81. The minimum Gasteiger partial charge on any atom is -0.465 e. The molecule has 1 rings (SSSR count). The molecule has 1 aliphatic rings. The molecule has 0 bridgehead atoms. The Balaban J connectivity index is 2.10. The number of Topliss-reactive ketones (excluding diaryl/α,β-unsaturated/α-hetero) is 1. The normalized spacial score (nSPS) is 18.3. The summed E-state index contributed by atoms with van der Waals surface area (Å²) in [6.07, 6.45) is 7.84. The smallest absolute Gasteiger partial charge is 0.308 e. The van der Waals surface area contributed by atoms with Crippen LogP contribution in [0.3, 0.4) is 0 Å². The van der Waals surface area contributed by atoms with Crippen molar-refractivity contribution in [1.29, 1.82) is 0 Å². The first-order valence-corrected chi connectivity index (χ1v) is 7.34. The average molecular weight is 254 g/mol. The van der Waals surface area contributed by atoms with Crippen molar-refractivity contribution in [3.63, 3.8) is 0 Å². The molecule has 0 aromatic carbocycles. The Morgan fingerprint density at radius 3 is 2.50 bits per heavy atom. The van der Waals surface area contributed by atoms with E-state index in [1.54, 1.807) is 0 Å². The predicted octanol–water partition coefficient (Wildman–Crippen LogP) is 3.51. The Labute approximate surface area is 110 Å². The molecule has 0 aromatic rings. The molecule has 1 unspecified atom stereocenters. The highest BCUT2D eigenvalue weighted by Gasteiger charge is 2.20. The lowest BCUT2D eigenvalue weighted by molar-refractivity contribution is -0.148. The standard InChI is InChI=1S/C15H26O3/c1-3-12(2)15(17)18-11-7-10-14(16)13-8-5-4-6-9-13/h12-13H,3-11H2,1-2H3. The van der Waals surface area contributed by atoms with Crippen molar-refractivity contribution in [3.8, 4) is 0 Å². The Kier molecular flexibility index (Phi) is 6.99. The number of carbonyl (C=O) groups is 2. The topological polar surface area (TPSA) is 43.4 Å². The summed E-state index contributed by atoms with van der Waals surface area (Å²) in [5, 5.41) is 0. The number of hydrogen-bond acceptors (Lipinski definition) is 3. The minimum absolute atomic E-state index is 0.0287. The van der Waals surface area contributed by atoms with Crippen LogP contribution < -0.4 is 0 Å². The van der Waals surface area contributed by atoms with Gasteiger partial charge in [-0.05, 0) is 25.7 Å². The third kappa shape index (κ3) is 5.19. The highest BCUT2D eigenvalue weighted by atomic mass is 16.5. The number of ketones is 1. The molecule has 0 heterocycles. The van der Waals surface area contributed by atoms with Crippen LogP contribution in [0.5, 0.6) is 0 Å². The maximum Gasteiger partial charge on any atom is 0.308 e. The zero-order valence-corrected chi connectivity index (χ0v) is 11.7. The fraction of sp³-hybridized carbons (Fsp3) is 0.867. The second-order valence-corrected chi connectivity index (χ2v) is 5.38. The second-order valence-electron chi connectivity index (χ2n) is 5.38. The van der Waals surface area contributed by atoms with E-state index in [0.29, 0.717) is 25.2 Å². The highest BCUT2D eigenvalue weighted by Crippen LogP contribution is 2.25. The van der Waals surface area contributed by atoms with Gasteiger partial charge in [0.1, 0.15) is 5.78 Å². The van der Waals surface area contributed by atoms with Crippen LogP contribution in [0.2, 0.25) is 0 Å². The van der Waals surface area contributed by atoms with E-state index in [1.165, 1.54) is 19.3 Å². The van der Waals surface area contributed by atoms with E-state index in [9.17, 15) is 9.59 Å². The summed E-state index contributed by atoms with van der Waals surface area (Å²) in [5.74, 6) is 0.486. The van der Waals surface area contributed by atoms with Gasteiger partial charge in [-0.2, -0.15) is 0 Å². The van der Waals surface area contributed by atoms with E-state index in [2.05, 4.69) is 0 Å². The van der Waals surface area contributed by atoms with Crippen LogP contribution in [0.25, 0.3) is 0 Å². The Bertz CT molecular complexity index is 267. The van der Waals surface area contributed by atoms with Crippen LogP contribution in [-0.2, 0) is 14.3 Å². The van der Waals surface area contributed by atoms with Crippen LogP contribution in [-0.4, -0.2) is 18.4 Å². The Morgan fingerprint density at radius 2 is 1.89 bits per heavy atom. The largest absolute Gasteiger partial charge is 0.465 e. The first kappa shape index (κ1) is 15.2. The van der Waals surface area contributed by atoms with Crippen molar-refractivity contribution in [1.82, 2.24) is 0 Å². The van der Waals surface area contributed by atoms with Crippen molar-refractivity contribution >= 4 is 11.8 Å². The molecule has 0 N–H and O–H groups in total. The van der Waals surface area contributed by atoms with Crippen molar-refractivity contribution < 1.29 is 14.3 Å². The lowest BCUT2D eigenvalue weighted by Crippen LogP contribution is -2.19. The molecule has 0 aliphatic heterocycles. The molecular formula is C15H26O3. The Hall–Kier alpha value is -0.860. The Morgan fingerprint density at radius 1 is 1.22 bits per heavy atom. The summed E-state index contributed by atoms with van der Waals surface area (Å²) < 4.78 is 5.14. The van der Waals surface area contributed by atoms with Crippen LogP contribution in [0, 0.1) is 11.8 Å². The van der Waals surface area contributed by atoms with E-state index in [-0.39, 0.29) is 17.8 Å². The molecule has 0 amide bonds. The van der Waals surface area contributed by atoms with Gasteiger partial charge in [0.05, 0.1) is 12.5 Å². The molecule has 18 heavy (non-hydrogen) atoms. The zero-order valence-electron chi connectivity index (χ0n) is 11.7. The second kappa shape index (κ2) is 8.28. The molecule has 1 aliphatic carbocycles. The van der Waals surface area contributed by atoms with Gasteiger partial charge in [0.2, 0.25) is 0 Å². The molecule has 1 atom stereocenters. The molecule has 104 valence electrons. The van der Waals surface area contributed by atoms with Gasteiger partial charge in [-0.15, -0.1) is 0 Å². The van der Waals surface area contributed by atoms with Crippen LogP contribution in [0.1, 0.15) is 65.2 Å². The predicted molar refractivity (Wildman–Crippen MR) is 71.2 cm³/mol. The third-order valence-corrected chi connectivity index (χ3v) is 3.89. The summed E-state index contributed by atoms with van der Waals surface area (Å²) >= 11 is 0. The van der Waals surface area contributed by atoms with E-state index in [0.717, 1.165) is 19.3 Å². The van der Waals surface area contributed by atoms with Gasteiger partial charge < -0.3 is 4.74 Å². The van der Waals surface area contributed by atoms with Crippen LogP contribution in [0.4, 0.5) is 0 Å². The maximum absolute atomic E-state index is 11.9.